The molecule has 0 radical (unpaired) electrons. The third kappa shape index (κ3) is 1.37. The average molecular weight is 150 g/mol. The van der Waals surface area contributed by atoms with Crippen molar-refractivity contribution in [3.05, 3.63) is 29.1 Å². The van der Waals surface area contributed by atoms with Gasteiger partial charge < -0.3 is 9.90 Å². The van der Waals surface area contributed by atoms with Crippen molar-refractivity contribution in [1.29, 1.82) is 0 Å². The Kier molecular flexibility index (Phi) is 1.89. The van der Waals surface area contributed by atoms with Crippen LogP contribution in [0.2, 0.25) is 0 Å². The van der Waals surface area contributed by atoms with Gasteiger partial charge in [0.2, 0.25) is 0 Å². The van der Waals surface area contributed by atoms with E-state index in [9.17, 15) is 9.90 Å². The van der Waals surface area contributed by atoms with Gasteiger partial charge in [-0.05, 0) is 25.5 Å². The molecular weight excluding hydrogens is 142 g/mol. The van der Waals surface area contributed by atoms with Gasteiger partial charge in [-0.25, -0.2) is 0 Å². The second kappa shape index (κ2) is 2.70. The monoisotopic (exact) mass is 150 g/mol. The zero-order valence-electron chi connectivity index (χ0n) is 6.42. The van der Waals surface area contributed by atoms with Gasteiger partial charge in [0.15, 0.2) is 0 Å². The van der Waals surface area contributed by atoms with Crippen LogP contribution in [0.5, 0.6) is 0 Å². The number of carboxylic acid groups (broad SMARTS) is 1. The molecule has 11 heavy (non-hydrogen) atoms. The number of carbonyl (C=O) groups excluding carboxylic acids is 1. The summed E-state index contributed by atoms with van der Waals surface area (Å²) in [4.78, 5) is 14.3. The summed E-state index contributed by atoms with van der Waals surface area (Å²) in [6, 6.07) is 1.65. The molecule has 0 amide bonds. The van der Waals surface area contributed by atoms with Gasteiger partial charge in [0.25, 0.3) is 0 Å². The number of carboxylic acids is 1. The van der Waals surface area contributed by atoms with Gasteiger partial charge in [0.05, 0.1) is 5.97 Å². The largest absolute Gasteiger partial charge is 0.545 e. The highest BCUT2D eigenvalue weighted by atomic mass is 16.4. The Bertz CT molecular complexity index is 274. The highest BCUT2D eigenvalue weighted by Crippen LogP contribution is 2.08. The summed E-state index contributed by atoms with van der Waals surface area (Å²) in [6.45, 7) is 3.37. The van der Waals surface area contributed by atoms with E-state index in [1.807, 2.05) is 0 Å². The molecule has 0 aliphatic carbocycles. The first-order valence-electron chi connectivity index (χ1n) is 3.26. The molecule has 0 aliphatic heterocycles. The van der Waals surface area contributed by atoms with E-state index in [1.54, 1.807) is 26.1 Å². The number of aromatic carboxylic acids is 1. The van der Waals surface area contributed by atoms with Crippen molar-refractivity contribution in [2.45, 2.75) is 13.8 Å². The Morgan fingerprint density at radius 2 is 2.18 bits per heavy atom. The maximum Gasteiger partial charge on any atom is 0.0736 e. The summed E-state index contributed by atoms with van der Waals surface area (Å²) >= 11 is 0. The second-order valence-corrected chi connectivity index (χ2v) is 2.38. The molecule has 0 saturated carbocycles. The fourth-order valence-corrected chi connectivity index (χ4v) is 1.00. The molecule has 0 bridgehead atoms. The molecule has 1 rings (SSSR count). The Hall–Kier alpha value is -1.38. The number of aromatic nitrogens is 1. The summed E-state index contributed by atoms with van der Waals surface area (Å²) in [6.07, 6.45) is 1.58. The summed E-state index contributed by atoms with van der Waals surface area (Å²) in [5.41, 5.74) is 1.40. The van der Waals surface area contributed by atoms with Crippen molar-refractivity contribution in [2.75, 3.05) is 0 Å². The predicted molar refractivity (Wildman–Crippen MR) is 38.0 cm³/mol. The minimum Gasteiger partial charge on any atom is -0.545 e. The topological polar surface area (TPSA) is 53.0 Å². The molecule has 0 N–H and O–H groups in total. The highest BCUT2D eigenvalue weighted by Gasteiger charge is 2.02. The number of pyridine rings is 1. The van der Waals surface area contributed by atoms with Crippen molar-refractivity contribution in [3.63, 3.8) is 0 Å². The normalized spacial score (nSPS) is 9.64. The smallest absolute Gasteiger partial charge is 0.0736 e. The molecule has 58 valence electrons. The number of aryl methyl sites for hydroxylation is 2. The molecular formula is C8H8NO2-. The average Bonchev–Trinajstić information content (AvgIpc) is 1.85. The molecule has 0 aromatic carbocycles. The van der Waals surface area contributed by atoms with Gasteiger partial charge >= 0.3 is 0 Å². The molecule has 1 aromatic heterocycles. The molecule has 0 fully saturated rings. The standard InChI is InChI=1S/C8H9NO2/c1-5-3-4-9-6(2)7(5)8(10)11/h3-4H,1-2H3,(H,10,11)/p-1. The number of nitrogens with zero attached hydrogens (tertiary/aromatic N) is 1. The van der Waals surface area contributed by atoms with Crippen LogP contribution < -0.4 is 5.11 Å². The molecule has 0 saturated heterocycles. The van der Waals surface area contributed by atoms with Crippen LogP contribution in [0, 0.1) is 13.8 Å². The van der Waals surface area contributed by atoms with Crippen molar-refractivity contribution in [2.24, 2.45) is 0 Å². The van der Waals surface area contributed by atoms with E-state index in [4.69, 9.17) is 0 Å². The summed E-state index contributed by atoms with van der Waals surface area (Å²) in [5.74, 6) is -1.16. The summed E-state index contributed by atoms with van der Waals surface area (Å²) in [5, 5.41) is 10.5. The van der Waals surface area contributed by atoms with Crippen LogP contribution in [0.3, 0.4) is 0 Å². The third-order valence-electron chi connectivity index (χ3n) is 1.55. The van der Waals surface area contributed by atoms with Crippen molar-refractivity contribution < 1.29 is 9.90 Å². The van der Waals surface area contributed by atoms with Crippen LogP contribution in [-0.4, -0.2) is 11.0 Å². The van der Waals surface area contributed by atoms with Gasteiger partial charge in [-0.1, -0.05) is 0 Å². The molecule has 1 heterocycles. The second-order valence-electron chi connectivity index (χ2n) is 2.38. The Morgan fingerprint density at radius 1 is 1.55 bits per heavy atom. The maximum absolute atomic E-state index is 10.5. The molecule has 0 atom stereocenters. The molecule has 0 unspecified atom stereocenters. The van der Waals surface area contributed by atoms with E-state index in [-0.39, 0.29) is 5.56 Å². The zero-order chi connectivity index (χ0) is 8.43. The summed E-state index contributed by atoms with van der Waals surface area (Å²) in [7, 11) is 0. The molecule has 3 nitrogen and oxygen atoms in total. The van der Waals surface area contributed by atoms with Gasteiger partial charge in [0, 0.05) is 17.5 Å². The predicted octanol–water partition coefficient (Wildman–Crippen LogP) is 0.0619. The SMILES string of the molecule is Cc1ccnc(C)c1C(=O)[O-]. The lowest BCUT2D eigenvalue weighted by molar-refractivity contribution is -0.255. The van der Waals surface area contributed by atoms with Crippen molar-refractivity contribution >= 4 is 5.97 Å². The maximum atomic E-state index is 10.5. The van der Waals surface area contributed by atoms with Crippen LogP contribution in [0.15, 0.2) is 12.3 Å². The fraction of sp³-hybridized carbons (Fsp3) is 0.250. The molecule has 0 aliphatic rings. The van der Waals surface area contributed by atoms with Crippen LogP contribution in [0.1, 0.15) is 21.6 Å². The summed E-state index contributed by atoms with van der Waals surface area (Å²) < 4.78 is 0. The zero-order valence-corrected chi connectivity index (χ0v) is 6.42. The fourth-order valence-electron chi connectivity index (χ4n) is 1.00. The van der Waals surface area contributed by atoms with E-state index in [2.05, 4.69) is 4.98 Å². The Labute approximate surface area is 64.7 Å². The third-order valence-corrected chi connectivity index (χ3v) is 1.55. The Balaban J connectivity index is 3.32. The van der Waals surface area contributed by atoms with Crippen LogP contribution in [-0.2, 0) is 0 Å². The lowest BCUT2D eigenvalue weighted by atomic mass is 10.1. The van der Waals surface area contributed by atoms with Gasteiger partial charge in [-0.15, -0.1) is 0 Å². The quantitative estimate of drug-likeness (QED) is 0.569. The molecule has 0 spiro atoms. The first-order chi connectivity index (χ1) is 5.13. The van der Waals surface area contributed by atoms with Gasteiger partial charge in [0.1, 0.15) is 0 Å². The minimum atomic E-state index is -1.16. The highest BCUT2D eigenvalue weighted by molar-refractivity contribution is 5.88. The number of hydrogen-bond donors (Lipinski definition) is 0. The first kappa shape index (κ1) is 7.72. The van der Waals surface area contributed by atoms with E-state index < -0.39 is 5.97 Å². The van der Waals surface area contributed by atoms with E-state index in [1.165, 1.54) is 0 Å². The van der Waals surface area contributed by atoms with Crippen LogP contribution in [0.4, 0.5) is 0 Å². The minimum absolute atomic E-state index is 0.201. The number of hydrogen-bond acceptors (Lipinski definition) is 3. The lowest BCUT2D eigenvalue weighted by Gasteiger charge is -2.07. The van der Waals surface area contributed by atoms with E-state index in [0.717, 1.165) is 0 Å². The first-order valence-corrected chi connectivity index (χ1v) is 3.26. The van der Waals surface area contributed by atoms with Crippen molar-refractivity contribution in [3.8, 4) is 0 Å². The van der Waals surface area contributed by atoms with Crippen molar-refractivity contribution in [1.82, 2.24) is 4.98 Å². The van der Waals surface area contributed by atoms with E-state index >= 15 is 0 Å². The number of rotatable bonds is 1. The lowest BCUT2D eigenvalue weighted by Crippen LogP contribution is -2.24. The van der Waals surface area contributed by atoms with Crippen LogP contribution >= 0.6 is 0 Å². The van der Waals surface area contributed by atoms with Gasteiger partial charge in [-0.2, -0.15) is 0 Å². The molecule has 1 aromatic rings. The van der Waals surface area contributed by atoms with Crippen LogP contribution in [0.25, 0.3) is 0 Å². The molecule has 3 heteroatoms. The van der Waals surface area contributed by atoms with E-state index in [0.29, 0.717) is 11.3 Å². The van der Waals surface area contributed by atoms with Gasteiger partial charge in [-0.3, -0.25) is 4.98 Å². The number of carbonyl (C=O) groups is 1. The Morgan fingerprint density at radius 3 is 2.55 bits per heavy atom.